The highest BCUT2D eigenvalue weighted by Gasteiger charge is 2.34. The Hall–Kier alpha value is -2.42. The molecule has 19 heavy (non-hydrogen) atoms. The van der Waals surface area contributed by atoms with Crippen molar-refractivity contribution in [2.24, 2.45) is 0 Å². The van der Waals surface area contributed by atoms with Crippen LogP contribution < -0.4 is 0 Å². The van der Waals surface area contributed by atoms with Gasteiger partial charge < -0.3 is 0 Å². The van der Waals surface area contributed by atoms with Gasteiger partial charge in [0.05, 0.1) is 11.1 Å². The summed E-state index contributed by atoms with van der Waals surface area (Å²) in [5.41, 5.74) is 2.08. The van der Waals surface area contributed by atoms with Gasteiger partial charge >= 0.3 is 0 Å². The maximum atomic E-state index is 12.1. The monoisotopic (exact) mass is 250 g/mol. The van der Waals surface area contributed by atoms with E-state index in [0.29, 0.717) is 24.1 Å². The predicted molar refractivity (Wildman–Crippen MR) is 70.8 cm³/mol. The van der Waals surface area contributed by atoms with Gasteiger partial charge in [0.15, 0.2) is 0 Å². The number of benzene rings is 2. The average molecular weight is 250 g/mol. The van der Waals surface area contributed by atoms with Gasteiger partial charge in [0.1, 0.15) is 0 Å². The van der Waals surface area contributed by atoms with Gasteiger partial charge in [-0.2, -0.15) is 0 Å². The molecule has 2 amide bonds. The van der Waals surface area contributed by atoms with Crippen molar-refractivity contribution in [1.29, 1.82) is 0 Å². The molecule has 0 unspecified atom stereocenters. The number of hydrogen-bond acceptors (Lipinski definition) is 2. The summed E-state index contributed by atoms with van der Waals surface area (Å²) in [5.74, 6) is -0.388. The second-order valence-corrected chi connectivity index (χ2v) is 4.47. The molecule has 0 aliphatic carbocycles. The Morgan fingerprint density at radius 3 is 2.21 bits per heavy atom. The van der Waals surface area contributed by atoms with Crippen LogP contribution in [0.2, 0.25) is 0 Å². The Balaban J connectivity index is 1.78. The zero-order valence-corrected chi connectivity index (χ0v) is 10.3. The van der Waals surface area contributed by atoms with E-state index in [-0.39, 0.29) is 11.8 Å². The quantitative estimate of drug-likeness (QED) is 0.784. The number of imide groups is 1. The van der Waals surface area contributed by atoms with Crippen molar-refractivity contribution in [3.8, 4) is 0 Å². The molecule has 1 heterocycles. The van der Waals surface area contributed by atoms with Crippen LogP contribution >= 0.6 is 0 Å². The molecule has 3 heteroatoms. The average Bonchev–Trinajstić information content (AvgIpc) is 2.71. The summed E-state index contributed by atoms with van der Waals surface area (Å²) in [6.45, 7) is 0.407. The van der Waals surface area contributed by atoms with E-state index >= 15 is 0 Å². The van der Waals surface area contributed by atoms with Crippen molar-refractivity contribution in [2.45, 2.75) is 6.42 Å². The van der Waals surface area contributed by atoms with E-state index in [0.717, 1.165) is 5.56 Å². The van der Waals surface area contributed by atoms with Crippen LogP contribution in [0.1, 0.15) is 26.3 Å². The van der Waals surface area contributed by atoms with Gasteiger partial charge in [0.2, 0.25) is 0 Å². The Morgan fingerprint density at radius 1 is 0.947 bits per heavy atom. The van der Waals surface area contributed by atoms with Gasteiger partial charge in [-0.15, -0.1) is 0 Å². The van der Waals surface area contributed by atoms with Crippen molar-refractivity contribution in [3.05, 3.63) is 71.3 Å². The highest BCUT2D eigenvalue weighted by Crippen LogP contribution is 2.22. The summed E-state index contributed by atoms with van der Waals surface area (Å²) >= 11 is 0. The van der Waals surface area contributed by atoms with E-state index in [1.807, 2.05) is 24.3 Å². The summed E-state index contributed by atoms with van der Waals surface area (Å²) in [7, 11) is 0. The molecule has 93 valence electrons. The van der Waals surface area contributed by atoms with Crippen molar-refractivity contribution >= 4 is 11.8 Å². The van der Waals surface area contributed by atoms with Crippen LogP contribution in [0.15, 0.2) is 48.5 Å². The van der Waals surface area contributed by atoms with Crippen molar-refractivity contribution in [2.75, 3.05) is 6.54 Å². The van der Waals surface area contributed by atoms with Gasteiger partial charge in [-0.05, 0) is 30.2 Å². The fourth-order valence-corrected chi connectivity index (χ4v) is 2.27. The Labute approximate surface area is 111 Å². The molecular formula is C16H12NO2. The van der Waals surface area contributed by atoms with Crippen LogP contribution in [0, 0.1) is 6.07 Å². The van der Waals surface area contributed by atoms with Gasteiger partial charge in [-0.1, -0.05) is 36.4 Å². The van der Waals surface area contributed by atoms with Gasteiger partial charge in [-0.3, -0.25) is 14.5 Å². The summed E-state index contributed by atoms with van der Waals surface area (Å²) in [4.78, 5) is 25.6. The number of hydrogen-bond donors (Lipinski definition) is 0. The molecule has 0 bridgehead atoms. The number of amides is 2. The molecule has 3 nitrogen and oxygen atoms in total. The van der Waals surface area contributed by atoms with E-state index in [1.165, 1.54) is 4.90 Å². The van der Waals surface area contributed by atoms with Crippen LogP contribution in [0.5, 0.6) is 0 Å². The molecule has 0 aromatic heterocycles. The van der Waals surface area contributed by atoms with Crippen LogP contribution in [0.4, 0.5) is 0 Å². The van der Waals surface area contributed by atoms with Crippen LogP contribution in [0.25, 0.3) is 0 Å². The normalized spacial score (nSPS) is 13.8. The second kappa shape index (κ2) is 4.69. The molecular weight excluding hydrogens is 238 g/mol. The molecule has 1 aliphatic heterocycles. The van der Waals surface area contributed by atoms with E-state index < -0.39 is 0 Å². The molecule has 2 aromatic carbocycles. The molecule has 0 spiro atoms. The van der Waals surface area contributed by atoms with Gasteiger partial charge in [0.25, 0.3) is 11.8 Å². The Bertz CT molecular complexity index is 599. The van der Waals surface area contributed by atoms with Crippen LogP contribution in [-0.4, -0.2) is 23.3 Å². The SMILES string of the molecule is O=C1c2ccccc2C(=O)N1CCc1c[c]ccc1. The molecule has 3 rings (SSSR count). The van der Waals surface area contributed by atoms with Crippen LogP contribution in [-0.2, 0) is 6.42 Å². The topological polar surface area (TPSA) is 37.4 Å². The third-order valence-electron chi connectivity index (χ3n) is 3.27. The largest absolute Gasteiger partial charge is 0.274 e. The summed E-state index contributed by atoms with van der Waals surface area (Å²) < 4.78 is 0. The van der Waals surface area contributed by atoms with Crippen LogP contribution in [0.3, 0.4) is 0 Å². The minimum absolute atomic E-state index is 0.194. The Morgan fingerprint density at radius 2 is 1.63 bits per heavy atom. The van der Waals surface area contributed by atoms with Gasteiger partial charge in [0, 0.05) is 6.54 Å². The second-order valence-electron chi connectivity index (χ2n) is 4.47. The maximum absolute atomic E-state index is 12.1. The molecule has 1 aliphatic rings. The lowest BCUT2D eigenvalue weighted by Crippen LogP contribution is -2.31. The summed E-state index contributed by atoms with van der Waals surface area (Å²) in [6, 6.07) is 17.5. The van der Waals surface area contributed by atoms with E-state index in [9.17, 15) is 9.59 Å². The maximum Gasteiger partial charge on any atom is 0.261 e. The lowest BCUT2D eigenvalue weighted by Gasteiger charge is -2.13. The number of rotatable bonds is 3. The number of carbonyl (C=O) groups is 2. The van der Waals surface area contributed by atoms with Crippen molar-refractivity contribution < 1.29 is 9.59 Å². The molecule has 2 aromatic rings. The first-order chi connectivity index (χ1) is 9.27. The first-order valence-corrected chi connectivity index (χ1v) is 6.17. The lowest BCUT2D eigenvalue weighted by atomic mass is 10.1. The predicted octanol–water partition coefficient (Wildman–Crippen LogP) is 2.33. The third-order valence-corrected chi connectivity index (χ3v) is 3.27. The third kappa shape index (κ3) is 2.03. The summed E-state index contributed by atoms with van der Waals surface area (Å²) in [6.07, 6.45) is 0.656. The zero-order chi connectivity index (χ0) is 13.2. The molecule has 0 atom stereocenters. The fraction of sp³-hybridized carbons (Fsp3) is 0.125. The first-order valence-electron chi connectivity index (χ1n) is 6.17. The Kier molecular flexibility index (Phi) is 2.88. The molecule has 0 saturated heterocycles. The highest BCUT2D eigenvalue weighted by atomic mass is 16.2. The van der Waals surface area contributed by atoms with Crippen molar-refractivity contribution in [1.82, 2.24) is 4.90 Å². The lowest BCUT2D eigenvalue weighted by molar-refractivity contribution is 0.0656. The van der Waals surface area contributed by atoms with Gasteiger partial charge in [-0.25, -0.2) is 0 Å². The van der Waals surface area contributed by atoms with E-state index in [4.69, 9.17) is 0 Å². The smallest absolute Gasteiger partial charge is 0.261 e. The first kappa shape index (κ1) is 11.7. The standard InChI is InChI=1S/C16H12NO2/c18-15-13-8-4-5-9-14(13)16(19)17(15)11-10-12-6-2-1-3-7-12/h1-2,4-9H,10-11H2. The number of nitrogens with zero attached hydrogens (tertiary/aromatic N) is 1. The molecule has 0 saturated carbocycles. The van der Waals surface area contributed by atoms with E-state index in [1.54, 1.807) is 24.3 Å². The summed E-state index contributed by atoms with van der Waals surface area (Å²) in [5, 5.41) is 0. The van der Waals surface area contributed by atoms with E-state index in [2.05, 4.69) is 6.07 Å². The minimum atomic E-state index is -0.194. The minimum Gasteiger partial charge on any atom is -0.274 e. The molecule has 0 N–H and O–H groups in total. The number of fused-ring (bicyclic) bond motifs is 1. The highest BCUT2D eigenvalue weighted by molar-refractivity contribution is 6.21. The molecule has 0 fully saturated rings. The van der Waals surface area contributed by atoms with Crippen molar-refractivity contribution in [3.63, 3.8) is 0 Å². The number of carbonyl (C=O) groups excluding carboxylic acids is 2. The fourth-order valence-electron chi connectivity index (χ4n) is 2.27. The molecule has 1 radical (unpaired) electrons. The zero-order valence-electron chi connectivity index (χ0n) is 10.3.